The maximum absolute atomic E-state index is 14.2. The summed E-state index contributed by atoms with van der Waals surface area (Å²) in [6, 6.07) is 14.1. The van der Waals surface area contributed by atoms with E-state index in [1.165, 1.54) is 17.5 Å². The van der Waals surface area contributed by atoms with Crippen molar-refractivity contribution in [2.24, 2.45) is 5.92 Å². The summed E-state index contributed by atoms with van der Waals surface area (Å²) >= 11 is 13.9. The zero-order valence-electron chi connectivity index (χ0n) is 32.1. The number of benzene rings is 2. The number of fused-ring (bicyclic) bond motifs is 2. The molecule has 0 saturated carbocycles. The molecule has 5 heterocycles. The Labute approximate surface area is 352 Å². The number of oxazole rings is 1. The molecule has 12 nitrogen and oxygen atoms in total. The number of pyridine rings is 1. The molecule has 3 aromatic heterocycles. The molecule has 18 heteroatoms. The fourth-order valence-corrected chi connectivity index (χ4v) is 9.14. The van der Waals surface area contributed by atoms with Crippen LogP contribution in [0, 0.1) is 5.92 Å². The van der Waals surface area contributed by atoms with Gasteiger partial charge in [-0.3, -0.25) is 24.4 Å². The van der Waals surface area contributed by atoms with Gasteiger partial charge in [-0.15, -0.1) is 11.3 Å². The minimum Gasteiger partial charge on any atom is -0.490 e. The van der Waals surface area contributed by atoms with Crippen molar-refractivity contribution in [2.45, 2.75) is 62.7 Å². The van der Waals surface area contributed by atoms with Gasteiger partial charge in [0.15, 0.2) is 5.76 Å². The van der Waals surface area contributed by atoms with E-state index in [1.54, 1.807) is 65.8 Å². The lowest BCUT2D eigenvalue weighted by Crippen LogP contribution is -2.63. The summed E-state index contributed by atoms with van der Waals surface area (Å²) in [5.41, 5.74) is 0.469. The second-order valence-electron chi connectivity index (χ2n) is 15.3. The van der Waals surface area contributed by atoms with Crippen LogP contribution in [-0.4, -0.2) is 106 Å². The lowest BCUT2D eigenvalue weighted by Gasteiger charge is -2.46. The molecule has 2 aliphatic rings. The molecule has 2 amide bonds. The second-order valence-corrected chi connectivity index (χ2v) is 17.3. The first-order valence-corrected chi connectivity index (χ1v) is 20.6. The maximum Gasteiger partial charge on any atom is 0.405 e. The van der Waals surface area contributed by atoms with Gasteiger partial charge >= 0.3 is 6.18 Å². The van der Waals surface area contributed by atoms with E-state index in [0.717, 1.165) is 20.5 Å². The summed E-state index contributed by atoms with van der Waals surface area (Å²) < 4.78 is 52.6. The molecule has 0 aliphatic carbocycles. The van der Waals surface area contributed by atoms with Gasteiger partial charge in [-0.25, -0.2) is 4.98 Å². The van der Waals surface area contributed by atoms with Crippen molar-refractivity contribution >= 4 is 56.4 Å². The summed E-state index contributed by atoms with van der Waals surface area (Å²) in [6.07, 6.45) is -1.95. The number of aliphatic hydroxyl groups is 2. The van der Waals surface area contributed by atoms with Crippen LogP contribution in [0.5, 0.6) is 5.75 Å². The summed E-state index contributed by atoms with van der Waals surface area (Å²) in [5, 5.41) is 29.4. The van der Waals surface area contributed by atoms with Crippen molar-refractivity contribution in [1.29, 1.82) is 0 Å². The fraction of sp³-hybridized carbons (Fsp3) is 0.415. The average molecular weight is 876 g/mol. The predicted octanol–water partition coefficient (Wildman–Crippen LogP) is 6.38. The third-order valence-corrected chi connectivity index (χ3v) is 12.5. The van der Waals surface area contributed by atoms with Gasteiger partial charge in [-0.2, -0.15) is 13.2 Å². The molecule has 4 N–H and O–H groups in total. The van der Waals surface area contributed by atoms with Crippen molar-refractivity contribution < 1.29 is 42.1 Å². The Kier molecular flexibility index (Phi) is 12.9. The Balaban J connectivity index is 1.10. The minimum atomic E-state index is -4.64. The highest BCUT2D eigenvalue weighted by molar-refractivity contribution is 7.19. The topological polar surface area (TPSA) is 153 Å². The van der Waals surface area contributed by atoms with Crippen molar-refractivity contribution in [3.05, 3.63) is 99.6 Å². The van der Waals surface area contributed by atoms with Crippen molar-refractivity contribution in [1.82, 2.24) is 30.4 Å². The van der Waals surface area contributed by atoms with Gasteiger partial charge in [0.05, 0.1) is 33.6 Å². The molecule has 1 saturated heterocycles. The van der Waals surface area contributed by atoms with Gasteiger partial charge in [0.1, 0.15) is 31.0 Å². The monoisotopic (exact) mass is 874 g/mol. The van der Waals surface area contributed by atoms with Crippen LogP contribution in [0.25, 0.3) is 21.4 Å². The number of piperazine rings is 1. The summed E-state index contributed by atoms with van der Waals surface area (Å²) in [6.45, 7) is 2.57. The number of aromatic nitrogens is 2. The lowest BCUT2D eigenvalue weighted by atomic mass is 9.92. The van der Waals surface area contributed by atoms with Crippen LogP contribution in [-0.2, 0) is 21.5 Å². The molecule has 5 atom stereocenters. The quantitative estimate of drug-likeness (QED) is 0.105. The Morgan fingerprint density at radius 2 is 1.83 bits per heavy atom. The number of carbonyl (C=O) groups is 2. The van der Waals surface area contributed by atoms with Gasteiger partial charge in [-0.05, 0) is 63.1 Å². The van der Waals surface area contributed by atoms with E-state index in [0.29, 0.717) is 39.6 Å². The average Bonchev–Trinajstić information content (AvgIpc) is 3.87. The lowest BCUT2D eigenvalue weighted by molar-refractivity contribution is -0.144. The highest BCUT2D eigenvalue weighted by Crippen LogP contribution is 2.36. The standard InChI is InChI=1S/C41H43Cl2F3N6O6S/c1-40(2,39-48-17-34(58-39)23-7-9-25(42)10-8-23)52-12-11-51(31(20-52)38(56)49-22-41(44,45)46)19-26(53)13-24(14-27-15-29-30(43)16-47-18-35(29)59-27)37(55)50-36-28-5-3-4-6-33(28)57-21-32(36)54/h3-10,15-18,24,26,31-32,36,53-54H,11-14,19-22H2,1-2H3,(H,49,56)(H,50,55)/t24-,26-,31-,32+,36-/m0/s1. The number of carbonyl (C=O) groups excluding carboxylic acids is 2. The molecule has 0 radical (unpaired) electrons. The Morgan fingerprint density at radius 1 is 1.07 bits per heavy atom. The zero-order chi connectivity index (χ0) is 42.1. The number of aliphatic hydroxyl groups excluding tert-OH is 2. The van der Waals surface area contributed by atoms with Crippen molar-refractivity contribution in [3.63, 3.8) is 0 Å². The molecule has 5 aromatic rings. The van der Waals surface area contributed by atoms with Gasteiger partial charge in [0.25, 0.3) is 0 Å². The fourth-order valence-electron chi connectivity index (χ4n) is 7.61. The van der Waals surface area contributed by atoms with Crippen molar-refractivity contribution in [2.75, 3.05) is 39.3 Å². The molecule has 7 rings (SSSR count). The molecule has 1 fully saturated rings. The third kappa shape index (κ3) is 10.0. The Hall–Kier alpha value is -4.29. The first-order chi connectivity index (χ1) is 28.1. The molecular weight excluding hydrogens is 832 g/mol. The van der Waals surface area contributed by atoms with E-state index >= 15 is 0 Å². The van der Waals surface area contributed by atoms with Crippen LogP contribution in [0.2, 0.25) is 10.0 Å². The number of nitrogens with one attached hydrogen (secondary N) is 2. The number of halogens is 5. The zero-order valence-corrected chi connectivity index (χ0v) is 34.4. The number of rotatable bonds is 13. The summed E-state index contributed by atoms with van der Waals surface area (Å²) in [7, 11) is 0. The van der Waals surface area contributed by atoms with Crippen LogP contribution < -0.4 is 15.4 Å². The van der Waals surface area contributed by atoms with E-state index in [2.05, 4.69) is 15.3 Å². The number of amides is 2. The molecule has 0 unspecified atom stereocenters. The molecule has 59 heavy (non-hydrogen) atoms. The third-order valence-electron chi connectivity index (χ3n) is 10.8. The predicted molar refractivity (Wildman–Crippen MR) is 217 cm³/mol. The van der Waals surface area contributed by atoms with E-state index in [1.807, 2.05) is 30.1 Å². The first-order valence-electron chi connectivity index (χ1n) is 19.0. The number of alkyl halides is 3. The number of hydrogen-bond acceptors (Lipinski definition) is 11. The number of β-amino-alcohol motifs (C(OH)–C–C–N with tert-alkyl or cyclic N) is 1. The number of nitrogens with zero attached hydrogens (tertiary/aromatic N) is 4. The molecule has 314 valence electrons. The molecule has 0 spiro atoms. The van der Waals surface area contributed by atoms with E-state index in [9.17, 15) is 33.0 Å². The minimum absolute atomic E-state index is 0.0103. The SMILES string of the molecule is CC(C)(c1ncc(-c2ccc(Cl)cc2)o1)N1CCN(C[C@@H](O)C[C@@H](Cc2cc3c(Cl)cncc3s2)C(=O)N[C@H]2c3ccccc3OC[C@H]2O)[C@H](C(=O)NCC(F)(F)F)C1. The van der Waals surface area contributed by atoms with Crippen LogP contribution in [0.1, 0.15) is 42.6 Å². The van der Waals surface area contributed by atoms with E-state index in [-0.39, 0.29) is 39.1 Å². The Bertz CT molecular complexity index is 2270. The second kappa shape index (κ2) is 17.7. The number of thiophene rings is 1. The number of ether oxygens (including phenoxy) is 1. The summed E-state index contributed by atoms with van der Waals surface area (Å²) in [5.74, 6) is -0.744. The summed E-state index contributed by atoms with van der Waals surface area (Å²) in [4.78, 5) is 40.8. The highest BCUT2D eigenvalue weighted by Gasteiger charge is 2.43. The molecule has 2 aromatic carbocycles. The van der Waals surface area contributed by atoms with Crippen LogP contribution in [0.3, 0.4) is 0 Å². The molecular formula is C41H43Cl2F3N6O6S. The largest absolute Gasteiger partial charge is 0.490 e. The van der Waals surface area contributed by atoms with E-state index < -0.39 is 60.3 Å². The maximum atomic E-state index is 14.2. The highest BCUT2D eigenvalue weighted by atomic mass is 35.5. The van der Waals surface area contributed by atoms with Gasteiger partial charge < -0.3 is 30.0 Å². The van der Waals surface area contributed by atoms with Gasteiger partial charge in [-0.1, -0.05) is 41.4 Å². The van der Waals surface area contributed by atoms with E-state index in [4.69, 9.17) is 32.4 Å². The van der Waals surface area contributed by atoms with Gasteiger partial charge in [0, 0.05) is 70.9 Å². The Morgan fingerprint density at radius 3 is 2.58 bits per heavy atom. The van der Waals surface area contributed by atoms with Gasteiger partial charge in [0.2, 0.25) is 17.7 Å². The van der Waals surface area contributed by atoms with Crippen LogP contribution in [0.4, 0.5) is 13.2 Å². The normalized spacial score (nSPS) is 20.1. The van der Waals surface area contributed by atoms with Crippen molar-refractivity contribution in [3.8, 4) is 17.1 Å². The van der Waals surface area contributed by atoms with Crippen LogP contribution in [0.15, 0.2) is 77.6 Å². The number of hydrogen-bond donors (Lipinski definition) is 4. The first kappa shape index (κ1) is 42.8. The van der Waals surface area contributed by atoms with Crippen LogP contribution >= 0.6 is 34.5 Å². The molecule has 0 bridgehead atoms. The molecule has 2 aliphatic heterocycles. The smallest absolute Gasteiger partial charge is 0.405 e. The number of para-hydroxylation sites is 1.